The van der Waals surface area contributed by atoms with Gasteiger partial charge in [-0.25, -0.2) is 0 Å². The van der Waals surface area contributed by atoms with E-state index >= 15 is 0 Å². The van der Waals surface area contributed by atoms with Crippen molar-refractivity contribution in [1.82, 2.24) is 0 Å². The van der Waals surface area contributed by atoms with E-state index in [1.807, 2.05) is 0 Å². The summed E-state index contributed by atoms with van der Waals surface area (Å²) in [6, 6.07) is 0. The van der Waals surface area contributed by atoms with Crippen molar-refractivity contribution in [2.24, 2.45) is 0 Å². The highest BCUT2D eigenvalue weighted by Gasteiger charge is 2.25. The van der Waals surface area contributed by atoms with Crippen LogP contribution in [0.3, 0.4) is 0 Å². The highest BCUT2D eigenvalue weighted by Crippen LogP contribution is 2.03. The summed E-state index contributed by atoms with van der Waals surface area (Å²) in [6.45, 7) is 0. The lowest BCUT2D eigenvalue weighted by Crippen LogP contribution is -2.41. The van der Waals surface area contributed by atoms with Crippen LogP contribution in [0.2, 0.25) is 0 Å². The lowest BCUT2D eigenvalue weighted by atomic mass is 10.3. The fourth-order valence-electron chi connectivity index (χ4n) is 0.601. The van der Waals surface area contributed by atoms with Crippen LogP contribution in [0.15, 0.2) is 0 Å². The molecule has 0 aliphatic heterocycles. The molecule has 4 nitrogen and oxygen atoms in total. The van der Waals surface area contributed by atoms with Crippen LogP contribution in [0.1, 0.15) is 6.42 Å². The zero-order valence-electron chi connectivity index (χ0n) is 6.36. The van der Waals surface area contributed by atoms with E-state index in [9.17, 15) is 14.7 Å². The number of carboxylic acids is 2. The first kappa shape index (κ1) is 10.3. The van der Waals surface area contributed by atoms with Gasteiger partial charge in [-0.2, -0.15) is 0 Å². The second-order valence-electron chi connectivity index (χ2n) is 2.29. The normalized spacial score (nSPS) is 13.0. The molecule has 0 saturated heterocycles. The summed E-state index contributed by atoms with van der Waals surface area (Å²) >= 11 is 0. The Hall–Kier alpha value is -0.710. The van der Waals surface area contributed by atoms with Gasteiger partial charge in [0.15, 0.2) is 5.25 Å². The average molecular weight is 178 g/mol. The summed E-state index contributed by atoms with van der Waals surface area (Å²) in [7, 11) is -0.447. The van der Waals surface area contributed by atoms with Crippen LogP contribution in [0, 0.1) is 0 Å². The molecular weight excluding hydrogens is 168 g/mol. The maximum atomic E-state index is 10.3. The summed E-state index contributed by atoms with van der Waals surface area (Å²) < 4.78 is 0. The molecule has 5 heteroatoms. The molecule has 64 valence electrons. The molecular formula is C6H10O4S. The molecule has 0 saturated carbocycles. The molecule has 0 rings (SSSR count). The summed E-state index contributed by atoms with van der Waals surface area (Å²) in [6.07, 6.45) is 3.02. The second-order valence-corrected chi connectivity index (χ2v) is 4.61. The third-order valence-electron chi connectivity index (χ3n) is 1.19. The number of carbonyl (C=O) groups is 2. The van der Waals surface area contributed by atoms with Crippen LogP contribution in [-0.2, 0) is 20.5 Å². The quantitative estimate of drug-likeness (QED) is 0.529. The van der Waals surface area contributed by atoms with Gasteiger partial charge in [0.1, 0.15) is 0 Å². The van der Waals surface area contributed by atoms with Crippen LogP contribution >= 0.6 is 0 Å². The Bertz CT molecular complexity index is 166. The Morgan fingerprint density at radius 1 is 1.55 bits per heavy atom. The smallest absolute Gasteiger partial charge is 0.308 e. The van der Waals surface area contributed by atoms with Gasteiger partial charge >= 0.3 is 5.97 Å². The second kappa shape index (κ2) is 4.23. The van der Waals surface area contributed by atoms with Crippen molar-refractivity contribution in [3.8, 4) is 0 Å². The number of hydrogen-bond acceptors (Lipinski definition) is 3. The minimum atomic E-state index is -1.28. The summed E-state index contributed by atoms with van der Waals surface area (Å²) in [5.41, 5.74) is 0. The van der Waals surface area contributed by atoms with Crippen molar-refractivity contribution >= 4 is 22.8 Å². The summed E-state index contributed by atoms with van der Waals surface area (Å²) in [5.74, 6) is -2.37. The van der Waals surface area contributed by atoms with Gasteiger partial charge in [0.05, 0.1) is 24.9 Å². The van der Waals surface area contributed by atoms with E-state index in [-0.39, 0.29) is 6.42 Å². The van der Waals surface area contributed by atoms with Gasteiger partial charge in [-0.3, -0.25) is 4.79 Å². The highest BCUT2D eigenvalue weighted by atomic mass is 32.2. The first-order valence-electron chi connectivity index (χ1n) is 2.94. The number of aliphatic carboxylic acids is 2. The lowest BCUT2D eigenvalue weighted by molar-refractivity contribution is -0.305. The van der Waals surface area contributed by atoms with Gasteiger partial charge in [0.2, 0.25) is 0 Å². The average Bonchev–Trinajstić information content (AvgIpc) is 1.81. The number of rotatable bonds is 4. The molecule has 0 fully saturated rings. The lowest BCUT2D eigenvalue weighted by Gasteiger charge is -2.11. The summed E-state index contributed by atoms with van der Waals surface area (Å²) in [5, 5.41) is 17.7. The number of carbonyl (C=O) groups excluding carboxylic acids is 1. The zero-order chi connectivity index (χ0) is 9.02. The van der Waals surface area contributed by atoms with Gasteiger partial charge in [0, 0.05) is 0 Å². The summed E-state index contributed by atoms with van der Waals surface area (Å²) in [4.78, 5) is 20.4. The van der Waals surface area contributed by atoms with Crippen LogP contribution in [-0.4, -0.2) is 34.8 Å². The van der Waals surface area contributed by atoms with Crippen LogP contribution in [0.25, 0.3) is 0 Å². The zero-order valence-corrected chi connectivity index (χ0v) is 7.18. The maximum absolute atomic E-state index is 10.3. The standard InChI is InChI=1S/C6H10O4S/c1-11(2)4(6(9)10)3-5(7)8/h4H,3H2,1-2H3,(H-,7,8,9,10). The van der Waals surface area contributed by atoms with Crippen molar-refractivity contribution in [2.75, 3.05) is 12.5 Å². The van der Waals surface area contributed by atoms with Crippen LogP contribution in [0.5, 0.6) is 0 Å². The van der Waals surface area contributed by atoms with E-state index in [4.69, 9.17) is 5.11 Å². The molecule has 1 atom stereocenters. The number of hydrogen-bond donors (Lipinski definition) is 1. The molecule has 11 heavy (non-hydrogen) atoms. The molecule has 0 aliphatic carbocycles. The molecule has 0 amide bonds. The molecule has 0 aliphatic rings. The molecule has 0 heterocycles. The number of carboxylic acid groups (broad SMARTS) is 2. The largest absolute Gasteiger partial charge is 0.545 e. The topological polar surface area (TPSA) is 77.4 Å². The van der Waals surface area contributed by atoms with Gasteiger partial charge in [0.25, 0.3) is 0 Å². The minimum Gasteiger partial charge on any atom is -0.545 e. The third-order valence-corrected chi connectivity index (χ3v) is 2.69. The van der Waals surface area contributed by atoms with Gasteiger partial charge < -0.3 is 15.0 Å². The van der Waals surface area contributed by atoms with E-state index < -0.39 is 28.1 Å². The molecule has 0 aromatic carbocycles. The maximum Gasteiger partial charge on any atom is 0.308 e. The molecule has 0 aromatic rings. The minimum absolute atomic E-state index is 0.349. The van der Waals surface area contributed by atoms with E-state index in [0.717, 1.165) is 0 Å². The monoisotopic (exact) mass is 178 g/mol. The molecule has 1 N–H and O–H groups in total. The van der Waals surface area contributed by atoms with Gasteiger partial charge in [-0.05, 0) is 10.9 Å². The fourth-order valence-corrected chi connectivity index (χ4v) is 1.46. The van der Waals surface area contributed by atoms with Crippen molar-refractivity contribution in [3.05, 3.63) is 0 Å². The molecule has 1 unspecified atom stereocenters. The van der Waals surface area contributed by atoms with Crippen molar-refractivity contribution < 1.29 is 19.8 Å². The van der Waals surface area contributed by atoms with Crippen LogP contribution in [0.4, 0.5) is 0 Å². The Kier molecular flexibility index (Phi) is 3.95. The van der Waals surface area contributed by atoms with Gasteiger partial charge in [-0.15, -0.1) is 0 Å². The fraction of sp³-hybridized carbons (Fsp3) is 0.667. The van der Waals surface area contributed by atoms with E-state index in [1.165, 1.54) is 0 Å². The predicted octanol–water partition coefficient (Wildman–Crippen LogP) is -1.54. The first-order valence-corrected chi connectivity index (χ1v) is 5.04. The van der Waals surface area contributed by atoms with Crippen molar-refractivity contribution in [3.63, 3.8) is 0 Å². The Labute approximate surface area is 67.6 Å². The van der Waals surface area contributed by atoms with Crippen molar-refractivity contribution in [1.29, 1.82) is 0 Å². The predicted molar refractivity (Wildman–Crippen MR) is 40.3 cm³/mol. The molecule has 0 radical (unpaired) electrons. The third kappa shape index (κ3) is 3.87. The van der Waals surface area contributed by atoms with Gasteiger partial charge in [-0.1, -0.05) is 0 Å². The first-order chi connectivity index (χ1) is 4.95. The highest BCUT2D eigenvalue weighted by molar-refractivity contribution is 7.96. The van der Waals surface area contributed by atoms with E-state index in [0.29, 0.717) is 0 Å². The molecule has 0 bridgehead atoms. The SMILES string of the molecule is C[S+](C)C(CC(=O)O)C(=O)[O-]. The van der Waals surface area contributed by atoms with E-state index in [1.54, 1.807) is 12.5 Å². The molecule has 0 spiro atoms. The van der Waals surface area contributed by atoms with Crippen LogP contribution < -0.4 is 5.11 Å². The Morgan fingerprint density at radius 2 is 2.00 bits per heavy atom. The molecule has 0 aromatic heterocycles. The van der Waals surface area contributed by atoms with E-state index in [2.05, 4.69) is 0 Å². The van der Waals surface area contributed by atoms with Crippen molar-refractivity contribution in [2.45, 2.75) is 11.7 Å². The Morgan fingerprint density at radius 3 is 2.09 bits per heavy atom. The Balaban J connectivity index is 4.12.